The zero-order chi connectivity index (χ0) is 17.7. The predicted molar refractivity (Wildman–Crippen MR) is 107 cm³/mol. The summed E-state index contributed by atoms with van der Waals surface area (Å²) in [6, 6.07) is 0. The highest BCUT2D eigenvalue weighted by molar-refractivity contribution is 5.75. The van der Waals surface area contributed by atoms with Crippen LogP contribution in [0.15, 0.2) is 0 Å². The second-order valence-electron chi connectivity index (χ2n) is 7.40. The second-order valence-corrected chi connectivity index (χ2v) is 7.40. The fraction of sp³-hybridized carbons (Fsp3) is 0.955. The third-order valence-corrected chi connectivity index (χ3v) is 4.86. The molecule has 0 aliphatic heterocycles. The van der Waals surface area contributed by atoms with Gasteiger partial charge in [0.2, 0.25) is 5.91 Å². The van der Waals surface area contributed by atoms with Crippen LogP contribution in [0, 0.1) is 0 Å². The number of carbonyl (C=O) groups excluding carboxylic acids is 1. The maximum absolute atomic E-state index is 11.6. The summed E-state index contributed by atoms with van der Waals surface area (Å²) in [5.41, 5.74) is 0. The Hall–Kier alpha value is -0.530. The molecule has 0 atom stereocenters. The molecule has 0 unspecified atom stereocenters. The molecule has 0 radical (unpaired) electrons. The van der Waals surface area contributed by atoms with Gasteiger partial charge in [-0.2, -0.15) is 0 Å². The number of amides is 1. The Morgan fingerprint density at radius 2 is 0.917 bits per heavy atom. The molecule has 0 saturated heterocycles. The summed E-state index contributed by atoms with van der Waals surface area (Å²) in [5.74, 6) is 0.255. The van der Waals surface area contributed by atoms with E-state index in [4.69, 9.17) is 0 Å². The van der Waals surface area contributed by atoms with Gasteiger partial charge in [-0.15, -0.1) is 0 Å². The molecule has 0 fully saturated rings. The van der Waals surface area contributed by atoms with Gasteiger partial charge in [-0.1, -0.05) is 110 Å². The van der Waals surface area contributed by atoms with Crippen molar-refractivity contribution in [3.63, 3.8) is 0 Å². The van der Waals surface area contributed by atoms with E-state index in [0.29, 0.717) is 0 Å². The molecule has 2 heteroatoms. The third-order valence-electron chi connectivity index (χ3n) is 4.86. The summed E-state index contributed by atoms with van der Waals surface area (Å²) in [4.78, 5) is 11.6. The average molecular weight is 340 g/mol. The molecule has 0 rings (SSSR count). The highest BCUT2D eigenvalue weighted by Gasteiger charge is 2.00. The molecule has 0 aliphatic rings. The number of hydrogen-bond acceptors (Lipinski definition) is 1. The Kier molecular flexibility index (Phi) is 20.1. The van der Waals surface area contributed by atoms with E-state index >= 15 is 0 Å². The van der Waals surface area contributed by atoms with Gasteiger partial charge < -0.3 is 5.32 Å². The van der Waals surface area contributed by atoms with Gasteiger partial charge in [0.05, 0.1) is 0 Å². The molecule has 0 heterocycles. The molecule has 2 nitrogen and oxygen atoms in total. The number of unbranched alkanes of at least 4 members (excludes halogenated alkanes) is 15. The Balaban J connectivity index is 3.08. The summed E-state index contributed by atoms with van der Waals surface area (Å²) >= 11 is 0. The second kappa shape index (κ2) is 20.5. The van der Waals surface area contributed by atoms with Gasteiger partial charge in [0, 0.05) is 13.0 Å². The first-order chi connectivity index (χ1) is 11.8. The van der Waals surface area contributed by atoms with Crippen LogP contribution in [0.3, 0.4) is 0 Å². The van der Waals surface area contributed by atoms with Crippen LogP contribution >= 0.6 is 0 Å². The lowest BCUT2D eigenvalue weighted by atomic mass is 10.0. The quantitative estimate of drug-likeness (QED) is 0.248. The van der Waals surface area contributed by atoms with E-state index in [-0.39, 0.29) is 5.91 Å². The topological polar surface area (TPSA) is 29.1 Å². The van der Waals surface area contributed by atoms with Crippen molar-refractivity contribution in [3.8, 4) is 0 Å². The van der Waals surface area contributed by atoms with Crippen LogP contribution in [-0.4, -0.2) is 12.5 Å². The van der Waals surface area contributed by atoms with Crippen molar-refractivity contribution < 1.29 is 4.79 Å². The molecule has 0 bridgehead atoms. The lowest BCUT2D eigenvalue weighted by molar-refractivity contribution is -0.121. The zero-order valence-electron chi connectivity index (χ0n) is 16.8. The lowest BCUT2D eigenvalue weighted by Gasteiger charge is -2.05. The lowest BCUT2D eigenvalue weighted by Crippen LogP contribution is -2.23. The molecular weight excluding hydrogens is 294 g/mol. The van der Waals surface area contributed by atoms with Crippen LogP contribution in [-0.2, 0) is 4.79 Å². The van der Waals surface area contributed by atoms with Crippen LogP contribution in [0.1, 0.15) is 129 Å². The fourth-order valence-electron chi connectivity index (χ4n) is 3.17. The molecule has 0 spiro atoms. The Morgan fingerprint density at radius 1 is 0.542 bits per heavy atom. The Morgan fingerprint density at radius 3 is 1.38 bits per heavy atom. The fourth-order valence-corrected chi connectivity index (χ4v) is 3.17. The van der Waals surface area contributed by atoms with E-state index in [1.807, 2.05) is 0 Å². The van der Waals surface area contributed by atoms with Crippen LogP contribution in [0.4, 0.5) is 0 Å². The van der Waals surface area contributed by atoms with E-state index in [1.165, 1.54) is 96.3 Å². The van der Waals surface area contributed by atoms with Gasteiger partial charge in [-0.05, 0) is 12.8 Å². The SMILES string of the molecule is CCCCCCCCCCCCCCCCC(=O)NCCCCC. The van der Waals surface area contributed by atoms with Crippen molar-refractivity contribution in [2.24, 2.45) is 0 Å². The summed E-state index contributed by atoms with van der Waals surface area (Å²) < 4.78 is 0. The number of nitrogens with one attached hydrogen (secondary N) is 1. The highest BCUT2D eigenvalue weighted by Crippen LogP contribution is 2.13. The average Bonchev–Trinajstić information content (AvgIpc) is 2.59. The van der Waals surface area contributed by atoms with Crippen LogP contribution in [0.2, 0.25) is 0 Å². The molecule has 0 aromatic heterocycles. The largest absolute Gasteiger partial charge is 0.356 e. The standard InChI is InChI=1S/C22H45NO/c1-3-5-7-8-9-10-11-12-13-14-15-16-17-18-20-22(24)23-21-19-6-4-2/h3-21H2,1-2H3,(H,23,24). The van der Waals surface area contributed by atoms with Gasteiger partial charge >= 0.3 is 0 Å². The van der Waals surface area contributed by atoms with E-state index in [0.717, 1.165) is 25.8 Å². The molecule has 144 valence electrons. The highest BCUT2D eigenvalue weighted by atomic mass is 16.1. The van der Waals surface area contributed by atoms with E-state index < -0.39 is 0 Å². The molecular formula is C22H45NO. The molecule has 0 aliphatic carbocycles. The van der Waals surface area contributed by atoms with Crippen molar-refractivity contribution in [2.75, 3.05) is 6.54 Å². The first-order valence-electron chi connectivity index (χ1n) is 11.1. The molecule has 24 heavy (non-hydrogen) atoms. The van der Waals surface area contributed by atoms with Crippen LogP contribution in [0.5, 0.6) is 0 Å². The van der Waals surface area contributed by atoms with E-state index in [1.54, 1.807) is 0 Å². The zero-order valence-corrected chi connectivity index (χ0v) is 16.8. The number of rotatable bonds is 19. The van der Waals surface area contributed by atoms with Crippen LogP contribution < -0.4 is 5.32 Å². The summed E-state index contributed by atoms with van der Waals surface area (Å²) in [7, 11) is 0. The van der Waals surface area contributed by atoms with Gasteiger partial charge in [0.15, 0.2) is 0 Å². The first-order valence-corrected chi connectivity index (χ1v) is 11.1. The normalized spacial score (nSPS) is 10.9. The predicted octanol–water partition coefficient (Wildman–Crippen LogP) is 7.16. The molecule has 1 amide bonds. The van der Waals surface area contributed by atoms with Crippen molar-refractivity contribution in [3.05, 3.63) is 0 Å². The number of hydrogen-bond donors (Lipinski definition) is 1. The molecule has 1 N–H and O–H groups in total. The Labute approximate surface area is 152 Å². The summed E-state index contributed by atoms with van der Waals surface area (Å²) in [5, 5.41) is 3.03. The van der Waals surface area contributed by atoms with Crippen molar-refractivity contribution in [1.82, 2.24) is 5.32 Å². The molecule has 0 aromatic rings. The van der Waals surface area contributed by atoms with Crippen molar-refractivity contribution in [1.29, 1.82) is 0 Å². The minimum atomic E-state index is 0.255. The summed E-state index contributed by atoms with van der Waals surface area (Å²) in [6.45, 7) is 5.34. The van der Waals surface area contributed by atoms with Crippen molar-refractivity contribution in [2.45, 2.75) is 129 Å². The monoisotopic (exact) mass is 339 g/mol. The van der Waals surface area contributed by atoms with Crippen molar-refractivity contribution >= 4 is 5.91 Å². The third kappa shape index (κ3) is 19.5. The summed E-state index contributed by atoms with van der Waals surface area (Å²) in [6.07, 6.45) is 23.4. The first kappa shape index (κ1) is 23.5. The van der Waals surface area contributed by atoms with Gasteiger partial charge in [0.25, 0.3) is 0 Å². The van der Waals surface area contributed by atoms with Crippen LogP contribution in [0.25, 0.3) is 0 Å². The van der Waals surface area contributed by atoms with Gasteiger partial charge in [-0.3, -0.25) is 4.79 Å². The van der Waals surface area contributed by atoms with E-state index in [9.17, 15) is 4.79 Å². The molecule has 0 saturated carbocycles. The van der Waals surface area contributed by atoms with Gasteiger partial charge in [0.1, 0.15) is 0 Å². The number of carbonyl (C=O) groups is 1. The maximum atomic E-state index is 11.6. The smallest absolute Gasteiger partial charge is 0.219 e. The van der Waals surface area contributed by atoms with E-state index in [2.05, 4.69) is 19.2 Å². The minimum absolute atomic E-state index is 0.255. The van der Waals surface area contributed by atoms with Gasteiger partial charge in [-0.25, -0.2) is 0 Å². The molecule has 0 aromatic carbocycles. The Bertz CT molecular complexity index is 252. The minimum Gasteiger partial charge on any atom is -0.356 e. The maximum Gasteiger partial charge on any atom is 0.219 e.